The summed E-state index contributed by atoms with van der Waals surface area (Å²) in [5.74, 6) is -0.177. The molecule has 2 fully saturated rings. The molecule has 1 aromatic carbocycles. The number of benzene rings is 1. The molecule has 1 heterocycles. The van der Waals surface area contributed by atoms with Gasteiger partial charge in [-0.1, -0.05) is 11.6 Å². The van der Waals surface area contributed by atoms with Gasteiger partial charge >= 0.3 is 0 Å². The Kier molecular flexibility index (Phi) is 7.80. The third-order valence-corrected chi connectivity index (χ3v) is 8.76. The number of carbonyl (C=O) groups is 1. The van der Waals surface area contributed by atoms with Crippen LogP contribution in [0.3, 0.4) is 0 Å². The molecule has 0 radical (unpaired) electrons. The number of amides is 1. The molecule has 1 unspecified atom stereocenters. The summed E-state index contributed by atoms with van der Waals surface area (Å²) in [5.41, 5.74) is 1.62. The second-order valence-corrected chi connectivity index (χ2v) is 13.0. The zero-order valence-corrected chi connectivity index (χ0v) is 21.2. The molecule has 0 spiro atoms. The van der Waals surface area contributed by atoms with Gasteiger partial charge in [-0.2, -0.15) is 0 Å². The molecule has 7 nitrogen and oxygen atoms in total. The number of hydrogen-bond donors (Lipinski definition) is 2. The molecule has 1 aromatic rings. The number of sulfonamides is 1. The van der Waals surface area contributed by atoms with Crippen LogP contribution >= 0.6 is 11.6 Å². The highest BCUT2D eigenvalue weighted by Gasteiger charge is 2.34. The predicted molar refractivity (Wildman–Crippen MR) is 130 cm³/mol. The second-order valence-electron chi connectivity index (χ2n) is 10.1. The van der Waals surface area contributed by atoms with Crippen molar-refractivity contribution in [1.29, 1.82) is 0 Å². The quantitative estimate of drug-likeness (QED) is 0.653. The van der Waals surface area contributed by atoms with Gasteiger partial charge in [-0.25, -0.2) is 13.1 Å². The van der Waals surface area contributed by atoms with E-state index in [4.69, 9.17) is 16.3 Å². The van der Waals surface area contributed by atoms with E-state index in [-0.39, 0.29) is 30.1 Å². The largest absolute Gasteiger partial charge is 0.372 e. The van der Waals surface area contributed by atoms with Gasteiger partial charge in [0.1, 0.15) is 0 Å². The number of rotatable bonds is 5. The number of nitrogens with one attached hydrogen (secondary N) is 2. The number of anilines is 2. The lowest BCUT2D eigenvalue weighted by Crippen LogP contribution is -2.46. The summed E-state index contributed by atoms with van der Waals surface area (Å²) >= 11 is 6.55. The van der Waals surface area contributed by atoms with E-state index in [1.54, 1.807) is 26.8 Å². The summed E-state index contributed by atoms with van der Waals surface area (Å²) in [5, 5.41) is 3.58. The van der Waals surface area contributed by atoms with Crippen molar-refractivity contribution in [2.75, 3.05) is 23.3 Å². The molecule has 0 aromatic heterocycles. The van der Waals surface area contributed by atoms with Crippen LogP contribution in [0, 0.1) is 5.92 Å². The predicted octanol–water partition coefficient (Wildman–Crippen LogP) is 4.17. The Morgan fingerprint density at radius 3 is 2.22 bits per heavy atom. The minimum atomic E-state index is -3.39. The molecule has 1 amide bonds. The van der Waals surface area contributed by atoms with Crippen molar-refractivity contribution in [2.24, 2.45) is 5.92 Å². The van der Waals surface area contributed by atoms with E-state index in [0.717, 1.165) is 18.8 Å². The van der Waals surface area contributed by atoms with Gasteiger partial charge in [0.05, 0.1) is 27.7 Å². The van der Waals surface area contributed by atoms with Gasteiger partial charge in [-0.15, -0.1) is 0 Å². The monoisotopic (exact) mass is 485 g/mol. The Bertz CT molecular complexity index is 914. The average molecular weight is 486 g/mol. The number of carbonyl (C=O) groups excluding carboxylic acids is 1. The van der Waals surface area contributed by atoms with Gasteiger partial charge in [0.2, 0.25) is 15.9 Å². The lowest BCUT2D eigenvalue weighted by Gasteiger charge is -2.37. The maximum Gasteiger partial charge on any atom is 0.227 e. The molecule has 0 bridgehead atoms. The Hall–Kier alpha value is -1.35. The molecule has 180 valence electrons. The number of halogens is 1. The number of hydrogen-bond acceptors (Lipinski definition) is 5. The van der Waals surface area contributed by atoms with Crippen molar-refractivity contribution in [3.63, 3.8) is 0 Å². The minimum absolute atomic E-state index is 0.0421. The fourth-order valence-electron chi connectivity index (χ4n) is 4.33. The standard InChI is InChI=1S/C23H36ClN3O4S/c1-15-13-27(14-16(2)31-15)21-11-10-19(12-20(21)24)25-22(28)17-6-8-18(9-7-17)26-32(29,30)23(3,4)5/h10-12,15-18,26H,6-9,13-14H2,1-5H3,(H,25,28)/t15-,16?,17-,18-/m1/s1. The molecule has 2 N–H and O–H groups in total. The van der Waals surface area contributed by atoms with E-state index in [2.05, 4.69) is 14.9 Å². The lowest BCUT2D eigenvalue weighted by atomic mass is 9.86. The van der Waals surface area contributed by atoms with E-state index in [1.807, 2.05) is 26.0 Å². The number of morpholine rings is 1. The van der Waals surface area contributed by atoms with Crippen LogP contribution < -0.4 is 14.9 Å². The normalized spacial score (nSPS) is 27.2. The van der Waals surface area contributed by atoms with Gasteiger partial charge in [-0.05, 0) is 78.5 Å². The SMILES string of the molecule is CC1CN(c2ccc(NC(=O)[C@H]3CC[C@H](NS(=O)(=O)C(C)(C)C)CC3)cc2Cl)C[C@@H](C)O1. The molecule has 32 heavy (non-hydrogen) atoms. The highest BCUT2D eigenvalue weighted by molar-refractivity contribution is 7.90. The minimum Gasteiger partial charge on any atom is -0.372 e. The molecule has 2 aliphatic rings. The zero-order valence-electron chi connectivity index (χ0n) is 19.7. The Morgan fingerprint density at radius 2 is 1.69 bits per heavy atom. The first-order valence-corrected chi connectivity index (χ1v) is 13.2. The molecule has 1 saturated carbocycles. The smallest absolute Gasteiger partial charge is 0.227 e. The van der Waals surface area contributed by atoms with Gasteiger partial charge in [0.15, 0.2) is 0 Å². The van der Waals surface area contributed by atoms with Gasteiger partial charge < -0.3 is 15.0 Å². The van der Waals surface area contributed by atoms with Crippen molar-refractivity contribution in [1.82, 2.24) is 4.72 Å². The first kappa shape index (κ1) is 25.3. The Labute approximate surface area is 197 Å². The molecule has 1 aliphatic carbocycles. The third kappa shape index (κ3) is 6.16. The van der Waals surface area contributed by atoms with Crippen LogP contribution in [0.1, 0.15) is 60.3 Å². The van der Waals surface area contributed by atoms with Crippen LogP contribution in [0.2, 0.25) is 5.02 Å². The van der Waals surface area contributed by atoms with Gasteiger partial charge in [0, 0.05) is 30.7 Å². The maximum absolute atomic E-state index is 12.8. The van der Waals surface area contributed by atoms with Crippen molar-refractivity contribution >= 4 is 38.9 Å². The highest BCUT2D eigenvalue weighted by Crippen LogP contribution is 2.32. The fraction of sp³-hybridized carbons (Fsp3) is 0.696. The number of nitrogens with zero attached hydrogens (tertiary/aromatic N) is 1. The van der Waals surface area contributed by atoms with E-state index in [0.29, 0.717) is 36.4 Å². The third-order valence-electron chi connectivity index (χ3n) is 6.20. The van der Waals surface area contributed by atoms with Crippen LogP contribution in [-0.4, -0.2) is 50.4 Å². The Morgan fingerprint density at radius 1 is 1.09 bits per heavy atom. The fourth-order valence-corrected chi connectivity index (χ4v) is 5.66. The van der Waals surface area contributed by atoms with Crippen LogP contribution in [0.25, 0.3) is 0 Å². The summed E-state index contributed by atoms with van der Waals surface area (Å²) in [6.45, 7) is 10.7. The van der Waals surface area contributed by atoms with E-state index in [9.17, 15) is 13.2 Å². The van der Waals surface area contributed by atoms with Crippen LogP contribution in [0.5, 0.6) is 0 Å². The Balaban J connectivity index is 1.55. The highest BCUT2D eigenvalue weighted by atomic mass is 35.5. The summed E-state index contributed by atoms with van der Waals surface area (Å²) < 4.78 is 32.5. The molecular formula is C23H36ClN3O4S. The van der Waals surface area contributed by atoms with E-state index < -0.39 is 14.8 Å². The first-order chi connectivity index (χ1) is 14.9. The van der Waals surface area contributed by atoms with E-state index >= 15 is 0 Å². The van der Waals surface area contributed by atoms with Crippen LogP contribution in [0.15, 0.2) is 18.2 Å². The first-order valence-electron chi connectivity index (χ1n) is 11.4. The van der Waals surface area contributed by atoms with Crippen molar-refractivity contribution in [3.8, 4) is 0 Å². The van der Waals surface area contributed by atoms with Gasteiger partial charge in [0.25, 0.3) is 0 Å². The van der Waals surface area contributed by atoms with Crippen molar-refractivity contribution in [3.05, 3.63) is 23.2 Å². The average Bonchev–Trinajstić information content (AvgIpc) is 2.66. The summed E-state index contributed by atoms with van der Waals surface area (Å²) in [7, 11) is -3.39. The van der Waals surface area contributed by atoms with E-state index in [1.165, 1.54) is 0 Å². The molecule has 1 aliphatic heterocycles. The topological polar surface area (TPSA) is 87.7 Å². The lowest BCUT2D eigenvalue weighted by molar-refractivity contribution is -0.120. The van der Waals surface area contributed by atoms with Crippen LogP contribution in [-0.2, 0) is 19.6 Å². The van der Waals surface area contributed by atoms with Crippen molar-refractivity contribution in [2.45, 2.75) is 83.3 Å². The second kappa shape index (κ2) is 9.87. The molecule has 1 saturated heterocycles. The molecular weight excluding hydrogens is 450 g/mol. The summed E-state index contributed by atoms with van der Waals surface area (Å²) in [6, 6.07) is 5.51. The van der Waals surface area contributed by atoms with Crippen LogP contribution in [0.4, 0.5) is 11.4 Å². The molecule has 9 heteroatoms. The van der Waals surface area contributed by atoms with Crippen molar-refractivity contribution < 1.29 is 17.9 Å². The van der Waals surface area contributed by atoms with Gasteiger partial charge in [-0.3, -0.25) is 4.79 Å². The maximum atomic E-state index is 12.8. The summed E-state index contributed by atoms with van der Waals surface area (Å²) in [4.78, 5) is 15.0. The molecule has 3 rings (SSSR count). The number of ether oxygens (including phenoxy) is 1. The zero-order chi connectivity index (χ0) is 23.7. The summed E-state index contributed by atoms with van der Waals surface area (Å²) in [6.07, 6.45) is 2.88. The molecule has 2 atom stereocenters.